The van der Waals surface area contributed by atoms with Gasteiger partial charge in [0.2, 0.25) is 0 Å². The van der Waals surface area contributed by atoms with Crippen LogP contribution in [0.2, 0.25) is 4.34 Å². The van der Waals surface area contributed by atoms with Gasteiger partial charge in [0.25, 0.3) is 0 Å². The van der Waals surface area contributed by atoms with Crippen LogP contribution in [0.4, 0.5) is 0 Å². The first-order chi connectivity index (χ1) is 8.69. The van der Waals surface area contributed by atoms with Crippen LogP contribution < -0.4 is 5.73 Å². The highest BCUT2D eigenvalue weighted by molar-refractivity contribution is 9.10. The van der Waals surface area contributed by atoms with E-state index in [0.29, 0.717) is 12.6 Å². The highest BCUT2D eigenvalue weighted by Crippen LogP contribution is 2.43. The molecule has 2 N–H and O–H groups in total. The van der Waals surface area contributed by atoms with Crippen molar-refractivity contribution in [2.75, 3.05) is 19.6 Å². The molecule has 100 valence electrons. The van der Waals surface area contributed by atoms with Gasteiger partial charge in [-0.05, 0) is 46.7 Å². The topological polar surface area (TPSA) is 29.3 Å². The smallest absolute Gasteiger partial charge is 0.107 e. The largest absolute Gasteiger partial charge is 0.329 e. The number of hydrogen-bond acceptors (Lipinski definition) is 3. The van der Waals surface area contributed by atoms with Crippen LogP contribution in [0, 0.1) is 11.8 Å². The van der Waals surface area contributed by atoms with E-state index in [0.717, 1.165) is 20.6 Å². The third-order valence-electron chi connectivity index (χ3n) is 4.41. The van der Waals surface area contributed by atoms with Gasteiger partial charge >= 0.3 is 0 Å². The summed E-state index contributed by atoms with van der Waals surface area (Å²) in [5.41, 5.74) is 6.00. The van der Waals surface area contributed by atoms with Gasteiger partial charge in [0.1, 0.15) is 4.34 Å². The standard InChI is InChI=1S/C13H18BrClN2S/c14-10-4-12(18-13(10)15)11(5-16)17-6-8-2-1-3-9(8)7-17/h4,8-9,11H,1-3,5-7,16H2. The summed E-state index contributed by atoms with van der Waals surface area (Å²) in [4.78, 5) is 3.87. The van der Waals surface area contributed by atoms with Crippen molar-refractivity contribution in [3.8, 4) is 0 Å². The van der Waals surface area contributed by atoms with Crippen molar-refractivity contribution in [2.45, 2.75) is 25.3 Å². The molecule has 2 nitrogen and oxygen atoms in total. The molecule has 0 radical (unpaired) electrons. The van der Waals surface area contributed by atoms with E-state index in [4.69, 9.17) is 17.3 Å². The Hall–Kier alpha value is 0.390. The molecule has 3 atom stereocenters. The Morgan fingerprint density at radius 2 is 2.11 bits per heavy atom. The zero-order valence-electron chi connectivity index (χ0n) is 10.2. The summed E-state index contributed by atoms with van der Waals surface area (Å²) in [6.07, 6.45) is 4.24. The number of nitrogens with zero attached hydrogens (tertiary/aromatic N) is 1. The molecule has 1 saturated carbocycles. The average molecular weight is 350 g/mol. The molecule has 2 aliphatic rings. The first kappa shape index (κ1) is 13.4. The monoisotopic (exact) mass is 348 g/mol. The highest BCUT2D eigenvalue weighted by Gasteiger charge is 2.39. The quantitative estimate of drug-likeness (QED) is 0.897. The predicted molar refractivity (Wildman–Crippen MR) is 81.2 cm³/mol. The number of rotatable bonds is 3. The lowest BCUT2D eigenvalue weighted by molar-refractivity contribution is 0.235. The predicted octanol–water partition coefficient (Wildman–Crippen LogP) is 3.90. The zero-order chi connectivity index (χ0) is 12.7. The van der Waals surface area contributed by atoms with Gasteiger partial charge in [-0.25, -0.2) is 0 Å². The Morgan fingerprint density at radius 3 is 2.61 bits per heavy atom. The van der Waals surface area contributed by atoms with Crippen molar-refractivity contribution in [3.05, 3.63) is 19.8 Å². The molecule has 3 unspecified atom stereocenters. The summed E-state index contributed by atoms with van der Waals surface area (Å²) in [6.45, 7) is 3.13. The third-order valence-corrected chi connectivity index (χ3v) is 6.99. The number of likely N-dealkylation sites (tertiary alicyclic amines) is 1. The van der Waals surface area contributed by atoms with Crippen molar-refractivity contribution in [2.24, 2.45) is 17.6 Å². The molecule has 1 aromatic rings. The summed E-state index contributed by atoms with van der Waals surface area (Å²) >= 11 is 11.3. The van der Waals surface area contributed by atoms with Crippen LogP contribution in [-0.4, -0.2) is 24.5 Å². The molecular formula is C13H18BrClN2S. The fourth-order valence-electron chi connectivity index (χ4n) is 3.50. The maximum atomic E-state index is 6.15. The third kappa shape index (κ3) is 2.38. The molecule has 1 aliphatic heterocycles. The molecule has 1 aliphatic carbocycles. The normalized spacial score (nSPS) is 29.7. The first-order valence-electron chi connectivity index (χ1n) is 6.58. The van der Waals surface area contributed by atoms with E-state index in [1.807, 2.05) is 0 Å². The summed E-state index contributed by atoms with van der Waals surface area (Å²) < 4.78 is 1.84. The second kappa shape index (κ2) is 5.41. The minimum Gasteiger partial charge on any atom is -0.329 e. The summed E-state index contributed by atoms with van der Waals surface area (Å²) in [7, 11) is 0. The van der Waals surface area contributed by atoms with Crippen LogP contribution in [0.3, 0.4) is 0 Å². The summed E-state index contributed by atoms with van der Waals surface area (Å²) in [6, 6.07) is 2.49. The number of halogens is 2. The van der Waals surface area contributed by atoms with E-state index < -0.39 is 0 Å². The van der Waals surface area contributed by atoms with Crippen LogP contribution in [-0.2, 0) is 0 Å². The van der Waals surface area contributed by atoms with Gasteiger partial charge in [-0.15, -0.1) is 11.3 Å². The van der Waals surface area contributed by atoms with E-state index in [1.54, 1.807) is 11.3 Å². The van der Waals surface area contributed by atoms with E-state index in [1.165, 1.54) is 37.2 Å². The van der Waals surface area contributed by atoms with Crippen LogP contribution in [0.25, 0.3) is 0 Å². The summed E-state index contributed by atoms with van der Waals surface area (Å²) in [5.74, 6) is 1.83. The van der Waals surface area contributed by atoms with Crippen LogP contribution >= 0.6 is 38.9 Å². The van der Waals surface area contributed by atoms with Crippen LogP contribution in [0.15, 0.2) is 10.5 Å². The minimum absolute atomic E-state index is 0.351. The Bertz CT molecular complexity index is 405. The number of nitrogens with two attached hydrogens (primary N) is 1. The first-order valence-corrected chi connectivity index (χ1v) is 8.56. The minimum atomic E-state index is 0.351. The zero-order valence-corrected chi connectivity index (χ0v) is 13.4. The SMILES string of the molecule is NCC(c1cc(Br)c(Cl)s1)N1CC2CCCC2C1. The molecule has 2 fully saturated rings. The van der Waals surface area contributed by atoms with Crippen LogP contribution in [0.1, 0.15) is 30.2 Å². The molecule has 0 spiro atoms. The lowest BCUT2D eigenvalue weighted by Gasteiger charge is -2.26. The fraction of sp³-hybridized carbons (Fsp3) is 0.692. The van der Waals surface area contributed by atoms with Gasteiger partial charge in [0.05, 0.1) is 6.04 Å². The summed E-state index contributed by atoms with van der Waals surface area (Å²) in [5, 5.41) is 0. The lowest BCUT2D eigenvalue weighted by atomic mass is 10.0. The van der Waals surface area contributed by atoms with E-state index in [2.05, 4.69) is 26.9 Å². The molecule has 0 bridgehead atoms. The van der Waals surface area contributed by atoms with Gasteiger partial charge in [-0.1, -0.05) is 18.0 Å². The molecular weight excluding hydrogens is 332 g/mol. The average Bonchev–Trinajstić information content (AvgIpc) is 2.96. The van der Waals surface area contributed by atoms with Crippen molar-refractivity contribution in [3.63, 3.8) is 0 Å². The number of fused-ring (bicyclic) bond motifs is 1. The van der Waals surface area contributed by atoms with Crippen molar-refractivity contribution >= 4 is 38.9 Å². The van der Waals surface area contributed by atoms with Crippen molar-refractivity contribution < 1.29 is 0 Å². The molecule has 0 amide bonds. The number of hydrogen-bond donors (Lipinski definition) is 1. The van der Waals surface area contributed by atoms with Gasteiger partial charge in [-0.3, -0.25) is 4.90 Å². The second-order valence-corrected chi connectivity index (χ2v) is 7.97. The Morgan fingerprint density at radius 1 is 1.44 bits per heavy atom. The van der Waals surface area contributed by atoms with Gasteiger partial charge in [0, 0.05) is 29.0 Å². The Labute approximate surface area is 126 Å². The van der Waals surface area contributed by atoms with E-state index in [-0.39, 0.29) is 0 Å². The lowest BCUT2D eigenvalue weighted by Crippen LogP contribution is -2.32. The van der Waals surface area contributed by atoms with Gasteiger partial charge in [-0.2, -0.15) is 0 Å². The van der Waals surface area contributed by atoms with Gasteiger partial charge in [0.15, 0.2) is 0 Å². The second-order valence-electron chi connectivity index (χ2n) is 5.43. The van der Waals surface area contributed by atoms with Gasteiger partial charge < -0.3 is 5.73 Å². The van der Waals surface area contributed by atoms with E-state index in [9.17, 15) is 0 Å². The molecule has 1 aromatic heterocycles. The molecule has 5 heteroatoms. The molecule has 3 rings (SSSR count). The Kier molecular flexibility index (Phi) is 4.02. The fourth-order valence-corrected chi connectivity index (χ4v) is 5.38. The van der Waals surface area contributed by atoms with Crippen molar-refractivity contribution in [1.29, 1.82) is 0 Å². The molecule has 0 aromatic carbocycles. The Balaban J connectivity index is 1.77. The molecule has 2 heterocycles. The maximum Gasteiger partial charge on any atom is 0.107 e. The molecule has 18 heavy (non-hydrogen) atoms. The molecule has 1 saturated heterocycles. The van der Waals surface area contributed by atoms with Crippen molar-refractivity contribution in [1.82, 2.24) is 4.90 Å². The van der Waals surface area contributed by atoms with E-state index >= 15 is 0 Å². The maximum absolute atomic E-state index is 6.15. The van der Waals surface area contributed by atoms with Crippen LogP contribution in [0.5, 0.6) is 0 Å². The number of thiophene rings is 1. The highest BCUT2D eigenvalue weighted by atomic mass is 79.9.